The van der Waals surface area contributed by atoms with E-state index in [0.717, 1.165) is 11.4 Å². The number of thiocarbonyl (C=S) groups is 1. The predicted octanol–water partition coefficient (Wildman–Crippen LogP) is 2.82. The molecule has 102 valence electrons. The van der Waals surface area contributed by atoms with Crippen LogP contribution in [0.3, 0.4) is 0 Å². The molecule has 0 atom stereocenters. The lowest BCUT2D eigenvalue weighted by atomic mass is 10.2. The van der Waals surface area contributed by atoms with Crippen LogP contribution in [0.15, 0.2) is 54.6 Å². The lowest BCUT2D eigenvalue weighted by Gasteiger charge is -2.10. The van der Waals surface area contributed by atoms with Crippen molar-refractivity contribution >= 4 is 28.9 Å². The highest BCUT2D eigenvalue weighted by atomic mass is 32.1. The van der Waals surface area contributed by atoms with Gasteiger partial charge in [0.1, 0.15) is 5.75 Å². The summed E-state index contributed by atoms with van der Waals surface area (Å²) in [6.45, 7) is 0. The van der Waals surface area contributed by atoms with Gasteiger partial charge in [-0.05, 0) is 48.6 Å². The molecule has 2 N–H and O–H groups in total. The average Bonchev–Trinajstić information content (AvgIpc) is 2.49. The van der Waals surface area contributed by atoms with E-state index >= 15 is 0 Å². The molecule has 0 radical (unpaired) electrons. The topological polar surface area (TPSA) is 50.4 Å². The normalized spacial score (nSPS) is 9.65. The van der Waals surface area contributed by atoms with Crippen molar-refractivity contribution in [2.24, 2.45) is 0 Å². The van der Waals surface area contributed by atoms with Crippen molar-refractivity contribution in [3.05, 3.63) is 60.2 Å². The SMILES string of the molecule is COc1ccc(NC(=S)NC(=O)c2ccccc2)cc1. The van der Waals surface area contributed by atoms with Gasteiger partial charge in [0, 0.05) is 11.3 Å². The van der Waals surface area contributed by atoms with Gasteiger partial charge in [-0.3, -0.25) is 10.1 Å². The molecule has 2 rings (SSSR count). The van der Waals surface area contributed by atoms with E-state index in [2.05, 4.69) is 10.6 Å². The van der Waals surface area contributed by atoms with Crippen LogP contribution < -0.4 is 15.4 Å². The number of methoxy groups -OCH3 is 1. The number of nitrogens with one attached hydrogen (secondary N) is 2. The summed E-state index contributed by atoms with van der Waals surface area (Å²) < 4.78 is 5.07. The fraction of sp³-hybridized carbons (Fsp3) is 0.0667. The fourth-order valence-corrected chi connectivity index (χ4v) is 1.81. The molecule has 0 spiro atoms. The minimum absolute atomic E-state index is 0.239. The van der Waals surface area contributed by atoms with Gasteiger partial charge in [0.05, 0.1) is 7.11 Å². The maximum absolute atomic E-state index is 11.9. The van der Waals surface area contributed by atoms with Gasteiger partial charge in [-0.25, -0.2) is 0 Å². The van der Waals surface area contributed by atoms with Crippen LogP contribution in [-0.4, -0.2) is 18.1 Å². The molecule has 0 unspecified atom stereocenters. The Labute approximate surface area is 122 Å². The van der Waals surface area contributed by atoms with Gasteiger partial charge in [-0.1, -0.05) is 18.2 Å². The molecule has 2 aromatic rings. The van der Waals surface area contributed by atoms with Crippen LogP contribution in [0.2, 0.25) is 0 Å². The van der Waals surface area contributed by atoms with Gasteiger partial charge < -0.3 is 10.1 Å². The molecule has 4 nitrogen and oxygen atoms in total. The Morgan fingerprint density at radius 2 is 1.70 bits per heavy atom. The van der Waals surface area contributed by atoms with Crippen LogP contribution in [-0.2, 0) is 0 Å². The molecule has 1 amide bonds. The summed E-state index contributed by atoms with van der Waals surface area (Å²) in [6, 6.07) is 16.2. The molecular formula is C15H14N2O2S. The van der Waals surface area contributed by atoms with Gasteiger partial charge in [0.15, 0.2) is 5.11 Å². The molecule has 0 bridgehead atoms. The number of carbonyl (C=O) groups excluding carboxylic acids is 1. The first kappa shape index (κ1) is 14.0. The molecular weight excluding hydrogens is 272 g/mol. The molecule has 0 heterocycles. The van der Waals surface area contributed by atoms with Gasteiger partial charge in [0.2, 0.25) is 0 Å². The Morgan fingerprint density at radius 1 is 1.05 bits per heavy atom. The number of carbonyl (C=O) groups is 1. The zero-order chi connectivity index (χ0) is 14.4. The molecule has 0 fully saturated rings. The molecule has 0 aliphatic heterocycles. The van der Waals surface area contributed by atoms with Crippen LogP contribution >= 0.6 is 12.2 Å². The highest BCUT2D eigenvalue weighted by Crippen LogP contribution is 2.14. The summed E-state index contributed by atoms with van der Waals surface area (Å²) in [5, 5.41) is 5.81. The van der Waals surface area contributed by atoms with Crippen LogP contribution in [0, 0.1) is 0 Å². The monoisotopic (exact) mass is 286 g/mol. The second-order valence-electron chi connectivity index (χ2n) is 4.00. The van der Waals surface area contributed by atoms with Gasteiger partial charge >= 0.3 is 0 Å². The van der Waals surface area contributed by atoms with Crippen LogP contribution in [0.1, 0.15) is 10.4 Å². The number of hydrogen-bond donors (Lipinski definition) is 2. The van der Waals surface area contributed by atoms with E-state index in [4.69, 9.17) is 17.0 Å². The molecule has 20 heavy (non-hydrogen) atoms. The minimum atomic E-state index is -0.239. The van der Waals surface area contributed by atoms with E-state index in [1.165, 1.54) is 0 Å². The van der Waals surface area contributed by atoms with E-state index in [1.54, 1.807) is 31.4 Å². The Hall–Kier alpha value is -2.40. The first-order valence-electron chi connectivity index (χ1n) is 6.00. The summed E-state index contributed by atoms with van der Waals surface area (Å²) in [7, 11) is 1.60. The number of rotatable bonds is 3. The smallest absolute Gasteiger partial charge is 0.257 e. The third kappa shape index (κ3) is 3.80. The number of hydrogen-bond acceptors (Lipinski definition) is 3. The molecule has 0 saturated heterocycles. The Balaban J connectivity index is 1.93. The highest BCUT2D eigenvalue weighted by molar-refractivity contribution is 7.80. The summed E-state index contributed by atoms with van der Waals surface area (Å²) in [6.07, 6.45) is 0. The van der Waals surface area contributed by atoms with Crippen molar-refractivity contribution in [2.45, 2.75) is 0 Å². The summed E-state index contributed by atoms with van der Waals surface area (Å²) >= 11 is 5.10. The second kappa shape index (κ2) is 6.68. The van der Waals surface area contributed by atoms with Crippen LogP contribution in [0.4, 0.5) is 5.69 Å². The molecule has 2 aromatic carbocycles. The summed E-state index contributed by atoms with van der Waals surface area (Å²) in [5.41, 5.74) is 1.34. The summed E-state index contributed by atoms with van der Waals surface area (Å²) in [5.74, 6) is 0.520. The van der Waals surface area contributed by atoms with Gasteiger partial charge in [0.25, 0.3) is 5.91 Å². The predicted molar refractivity (Wildman–Crippen MR) is 83.1 cm³/mol. The van der Waals surface area contributed by atoms with Crippen molar-refractivity contribution < 1.29 is 9.53 Å². The number of ether oxygens (including phenoxy) is 1. The first-order chi connectivity index (χ1) is 9.69. The maximum atomic E-state index is 11.9. The van der Waals surface area contributed by atoms with E-state index in [9.17, 15) is 4.79 Å². The maximum Gasteiger partial charge on any atom is 0.257 e. The van der Waals surface area contributed by atoms with Crippen molar-refractivity contribution in [3.63, 3.8) is 0 Å². The zero-order valence-electron chi connectivity index (χ0n) is 10.9. The molecule has 0 saturated carbocycles. The van der Waals surface area contributed by atoms with E-state index in [0.29, 0.717) is 5.56 Å². The lowest BCUT2D eigenvalue weighted by molar-refractivity contribution is 0.0978. The molecule has 0 aromatic heterocycles. The standard InChI is InChI=1S/C15H14N2O2S/c1-19-13-9-7-12(8-10-13)16-15(20)17-14(18)11-5-3-2-4-6-11/h2-10H,1H3,(H2,16,17,18,20). The van der Waals surface area contributed by atoms with Crippen molar-refractivity contribution in [3.8, 4) is 5.75 Å². The minimum Gasteiger partial charge on any atom is -0.497 e. The van der Waals surface area contributed by atoms with Crippen molar-refractivity contribution in [2.75, 3.05) is 12.4 Å². The molecule has 5 heteroatoms. The van der Waals surface area contributed by atoms with Crippen molar-refractivity contribution in [1.29, 1.82) is 0 Å². The lowest BCUT2D eigenvalue weighted by Crippen LogP contribution is -2.34. The third-order valence-electron chi connectivity index (χ3n) is 2.61. The van der Waals surface area contributed by atoms with E-state index < -0.39 is 0 Å². The van der Waals surface area contributed by atoms with E-state index in [1.807, 2.05) is 30.3 Å². The average molecular weight is 286 g/mol. The Morgan fingerprint density at radius 3 is 2.30 bits per heavy atom. The Bertz CT molecular complexity index is 597. The van der Waals surface area contributed by atoms with Crippen molar-refractivity contribution in [1.82, 2.24) is 5.32 Å². The highest BCUT2D eigenvalue weighted by Gasteiger charge is 2.06. The first-order valence-corrected chi connectivity index (χ1v) is 6.41. The van der Waals surface area contributed by atoms with Gasteiger partial charge in [-0.2, -0.15) is 0 Å². The quantitative estimate of drug-likeness (QED) is 0.852. The third-order valence-corrected chi connectivity index (χ3v) is 2.82. The number of amides is 1. The van der Waals surface area contributed by atoms with E-state index in [-0.39, 0.29) is 11.0 Å². The van der Waals surface area contributed by atoms with Crippen LogP contribution in [0.5, 0.6) is 5.75 Å². The fourth-order valence-electron chi connectivity index (χ4n) is 1.60. The zero-order valence-corrected chi connectivity index (χ0v) is 11.7. The van der Waals surface area contributed by atoms with Crippen LogP contribution in [0.25, 0.3) is 0 Å². The molecule has 0 aliphatic rings. The summed E-state index contributed by atoms with van der Waals surface area (Å²) in [4.78, 5) is 11.9. The molecule has 0 aliphatic carbocycles. The number of anilines is 1. The Kier molecular flexibility index (Phi) is 4.68. The largest absolute Gasteiger partial charge is 0.497 e. The number of benzene rings is 2. The van der Waals surface area contributed by atoms with Gasteiger partial charge in [-0.15, -0.1) is 0 Å². The second-order valence-corrected chi connectivity index (χ2v) is 4.41.